The normalized spacial score (nSPS) is 10.1. The Bertz CT molecular complexity index is 965. The number of hydrogen-bond acceptors (Lipinski definition) is 4. The number of hydrogen-bond donors (Lipinski definition) is 2. The maximum atomic E-state index is 12.2. The van der Waals surface area contributed by atoms with E-state index in [1.807, 2.05) is 74.6 Å². The molecule has 0 unspecified atom stereocenters. The second-order valence-corrected chi connectivity index (χ2v) is 6.42. The van der Waals surface area contributed by atoms with Gasteiger partial charge in [-0.2, -0.15) is 0 Å². The van der Waals surface area contributed by atoms with Gasteiger partial charge in [0, 0.05) is 0 Å². The maximum absolute atomic E-state index is 12.2. The van der Waals surface area contributed by atoms with Crippen LogP contribution in [-0.2, 0) is 22.7 Å². The highest BCUT2D eigenvalue weighted by Crippen LogP contribution is 2.21. The first-order valence-electron chi connectivity index (χ1n) is 9.16. The number of carbonyl (C=O) groups is 2. The number of carbonyl (C=O) groups excluding carboxylic acids is 2. The fourth-order valence-corrected chi connectivity index (χ4v) is 2.61. The summed E-state index contributed by atoms with van der Waals surface area (Å²) in [6.07, 6.45) is -1.22. The minimum absolute atomic E-state index is 0.153. The minimum Gasteiger partial charge on any atom is -0.444 e. The molecule has 2 N–H and O–H groups in total. The van der Waals surface area contributed by atoms with Crippen LogP contribution in [0.2, 0.25) is 0 Å². The Morgan fingerprint density at radius 1 is 0.690 bits per heavy atom. The monoisotopic (exact) mass is 388 g/mol. The average molecular weight is 388 g/mol. The molecule has 2 amide bonds. The molecule has 0 aliphatic rings. The zero-order chi connectivity index (χ0) is 20.5. The van der Waals surface area contributed by atoms with Crippen molar-refractivity contribution in [3.63, 3.8) is 0 Å². The Kier molecular flexibility index (Phi) is 6.89. The number of amides is 2. The molecule has 146 valence electrons. The molecular formula is C22H21BN2O4. The molecule has 0 saturated heterocycles. The summed E-state index contributed by atoms with van der Waals surface area (Å²) in [4.78, 5) is 24.3. The Hall–Kier alpha value is -3.74. The fourth-order valence-electron chi connectivity index (χ4n) is 2.61. The summed E-state index contributed by atoms with van der Waals surface area (Å²) in [5.41, 5.74) is 3.54. The Labute approximate surface area is 170 Å². The molecule has 29 heavy (non-hydrogen) atoms. The lowest BCUT2D eigenvalue weighted by molar-refractivity contribution is 0.154. The molecule has 0 aliphatic heterocycles. The van der Waals surface area contributed by atoms with E-state index in [-0.39, 0.29) is 13.2 Å². The van der Waals surface area contributed by atoms with Crippen LogP contribution in [0.15, 0.2) is 78.9 Å². The van der Waals surface area contributed by atoms with Crippen LogP contribution >= 0.6 is 0 Å². The van der Waals surface area contributed by atoms with E-state index in [1.165, 1.54) is 0 Å². The topological polar surface area (TPSA) is 76.7 Å². The van der Waals surface area contributed by atoms with Gasteiger partial charge >= 0.3 is 12.2 Å². The van der Waals surface area contributed by atoms with E-state index >= 15 is 0 Å². The van der Waals surface area contributed by atoms with Crippen LogP contribution in [0.4, 0.5) is 21.0 Å². The predicted octanol–water partition coefficient (Wildman–Crippen LogP) is 3.44. The number of benzene rings is 3. The van der Waals surface area contributed by atoms with Crippen LogP contribution in [0.25, 0.3) is 0 Å². The Morgan fingerprint density at radius 3 is 1.69 bits per heavy atom. The van der Waals surface area contributed by atoms with Gasteiger partial charge in [0.1, 0.15) is 21.1 Å². The van der Waals surface area contributed by atoms with Crippen LogP contribution in [0.1, 0.15) is 11.1 Å². The molecule has 0 saturated carbocycles. The first kappa shape index (κ1) is 20.0. The maximum Gasteiger partial charge on any atom is 0.412 e. The van der Waals surface area contributed by atoms with Gasteiger partial charge in [-0.1, -0.05) is 72.2 Å². The standard InChI is InChI=1S/C22H21BN2O4/c23-18-11-12-19(24-21(26)28-14-16-7-3-1-4-8-16)20(13-18)25-22(27)29-15-17-9-5-2-6-10-17/h1-13H,14-15,23H2,(H,24,26)(H,25,27). The quantitative estimate of drug-likeness (QED) is 0.635. The third-order valence-electron chi connectivity index (χ3n) is 4.07. The second-order valence-electron chi connectivity index (χ2n) is 6.42. The van der Waals surface area contributed by atoms with E-state index in [0.717, 1.165) is 16.6 Å². The Balaban J connectivity index is 1.58. The van der Waals surface area contributed by atoms with Crippen molar-refractivity contribution in [1.29, 1.82) is 0 Å². The second kappa shape index (κ2) is 9.99. The molecule has 0 heterocycles. The molecule has 0 aromatic heterocycles. The number of ether oxygens (including phenoxy) is 2. The van der Waals surface area contributed by atoms with Gasteiger partial charge in [-0.15, -0.1) is 0 Å². The zero-order valence-corrected chi connectivity index (χ0v) is 16.1. The highest BCUT2D eigenvalue weighted by atomic mass is 16.6. The van der Waals surface area contributed by atoms with E-state index < -0.39 is 12.2 Å². The zero-order valence-electron chi connectivity index (χ0n) is 16.1. The minimum atomic E-state index is -0.613. The summed E-state index contributed by atoms with van der Waals surface area (Å²) < 4.78 is 10.5. The Morgan fingerprint density at radius 2 is 1.17 bits per heavy atom. The number of nitrogens with one attached hydrogen (secondary N) is 2. The summed E-state index contributed by atoms with van der Waals surface area (Å²) in [5.74, 6) is 0. The smallest absolute Gasteiger partial charge is 0.412 e. The summed E-state index contributed by atoms with van der Waals surface area (Å²) >= 11 is 0. The predicted molar refractivity (Wildman–Crippen MR) is 115 cm³/mol. The molecule has 0 aliphatic carbocycles. The van der Waals surface area contributed by atoms with Gasteiger partial charge in [-0.25, -0.2) is 9.59 Å². The van der Waals surface area contributed by atoms with Crippen molar-refractivity contribution in [1.82, 2.24) is 0 Å². The summed E-state index contributed by atoms with van der Waals surface area (Å²) in [6, 6.07) is 24.0. The highest BCUT2D eigenvalue weighted by molar-refractivity contribution is 6.33. The van der Waals surface area contributed by atoms with Gasteiger partial charge < -0.3 is 9.47 Å². The molecule has 7 heteroatoms. The van der Waals surface area contributed by atoms with Crippen molar-refractivity contribution in [2.75, 3.05) is 10.6 Å². The van der Waals surface area contributed by atoms with Gasteiger partial charge in [0.05, 0.1) is 11.4 Å². The lowest BCUT2D eigenvalue weighted by Crippen LogP contribution is -2.19. The molecule has 0 bridgehead atoms. The molecule has 6 nitrogen and oxygen atoms in total. The van der Waals surface area contributed by atoms with E-state index in [0.29, 0.717) is 11.4 Å². The molecule has 0 spiro atoms. The average Bonchev–Trinajstić information content (AvgIpc) is 2.74. The highest BCUT2D eigenvalue weighted by Gasteiger charge is 2.12. The van der Waals surface area contributed by atoms with Crippen molar-refractivity contribution >= 4 is 36.9 Å². The number of anilines is 2. The van der Waals surface area contributed by atoms with Crippen LogP contribution in [0, 0.1) is 0 Å². The van der Waals surface area contributed by atoms with Crippen molar-refractivity contribution in [3.8, 4) is 0 Å². The van der Waals surface area contributed by atoms with Crippen molar-refractivity contribution in [2.45, 2.75) is 13.2 Å². The van der Waals surface area contributed by atoms with Crippen LogP contribution in [-0.4, -0.2) is 20.0 Å². The van der Waals surface area contributed by atoms with Crippen LogP contribution in [0.3, 0.4) is 0 Å². The number of rotatable bonds is 6. The lowest BCUT2D eigenvalue weighted by Gasteiger charge is -2.14. The van der Waals surface area contributed by atoms with E-state index in [4.69, 9.17) is 9.47 Å². The third kappa shape index (κ3) is 6.43. The van der Waals surface area contributed by atoms with Gasteiger partial charge in [0.2, 0.25) is 0 Å². The van der Waals surface area contributed by atoms with Gasteiger partial charge in [0.15, 0.2) is 0 Å². The van der Waals surface area contributed by atoms with Gasteiger partial charge in [-0.3, -0.25) is 10.6 Å². The molecule has 3 aromatic carbocycles. The molecule has 0 fully saturated rings. The lowest BCUT2D eigenvalue weighted by atomic mass is 9.95. The van der Waals surface area contributed by atoms with Gasteiger partial charge in [-0.05, 0) is 23.3 Å². The van der Waals surface area contributed by atoms with Crippen molar-refractivity contribution in [2.24, 2.45) is 0 Å². The van der Waals surface area contributed by atoms with Crippen LogP contribution in [0.5, 0.6) is 0 Å². The largest absolute Gasteiger partial charge is 0.444 e. The van der Waals surface area contributed by atoms with Gasteiger partial charge in [0.25, 0.3) is 0 Å². The first-order valence-corrected chi connectivity index (χ1v) is 9.16. The van der Waals surface area contributed by atoms with Crippen LogP contribution < -0.4 is 16.1 Å². The molecule has 0 atom stereocenters. The fraction of sp³-hybridized carbons (Fsp3) is 0.0909. The van der Waals surface area contributed by atoms with E-state index in [9.17, 15) is 9.59 Å². The molecule has 0 radical (unpaired) electrons. The molecule has 3 rings (SSSR count). The van der Waals surface area contributed by atoms with Crippen molar-refractivity contribution < 1.29 is 19.1 Å². The third-order valence-corrected chi connectivity index (χ3v) is 4.07. The summed E-state index contributed by atoms with van der Waals surface area (Å²) in [7, 11) is 1.89. The molecule has 3 aromatic rings. The summed E-state index contributed by atoms with van der Waals surface area (Å²) in [5, 5.41) is 5.33. The first-order chi connectivity index (χ1) is 14.1. The SMILES string of the molecule is Bc1ccc(NC(=O)OCc2ccccc2)c(NC(=O)OCc2ccccc2)c1. The summed E-state index contributed by atoms with van der Waals surface area (Å²) in [6.45, 7) is 0.306. The van der Waals surface area contributed by atoms with Crippen molar-refractivity contribution in [3.05, 3.63) is 90.0 Å². The van der Waals surface area contributed by atoms with E-state index in [1.54, 1.807) is 12.1 Å². The molecular weight excluding hydrogens is 367 g/mol. The van der Waals surface area contributed by atoms with E-state index in [2.05, 4.69) is 10.6 Å².